The van der Waals surface area contributed by atoms with Gasteiger partial charge in [0.05, 0.1) is 0 Å². The highest BCUT2D eigenvalue weighted by Gasteiger charge is 2.23. The summed E-state index contributed by atoms with van der Waals surface area (Å²) >= 11 is 0. The average molecular weight is 260 g/mol. The molecule has 2 N–H and O–H groups in total. The van der Waals surface area contributed by atoms with Crippen LogP contribution in [-0.2, 0) is 12.8 Å². The van der Waals surface area contributed by atoms with Crippen LogP contribution in [-0.4, -0.2) is 29.6 Å². The summed E-state index contributed by atoms with van der Waals surface area (Å²) in [4.78, 5) is 11.6. The second kappa shape index (κ2) is 5.87. The minimum absolute atomic E-state index is 0.630. The molecule has 0 saturated carbocycles. The molecule has 3 rings (SSSR count). The van der Waals surface area contributed by atoms with E-state index in [1.165, 1.54) is 49.2 Å². The van der Waals surface area contributed by atoms with Crippen molar-refractivity contribution in [3.05, 3.63) is 17.6 Å². The van der Waals surface area contributed by atoms with Gasteiger partial charge in [0.15, 0.2) is 0 Å². The first-order valence-corrected chi connectivity index (χ1v) is 7.66. The van der Waals surface area contributed by atoms with Crippen molar-refractivity contribution in [2.75, 3.05) is 24.5 Å². The van der Waals surface area contributed by atoms with Crippen LogP contribution >= 0.6 is 0 Å². The monoisotopic (exact) mass is 260 g/mol. The zero-order chi connectivity index (χ0) is 13.1. The van der Waals surface area contributed by atoms with E-state index in [-0.39, 0.29) is 0 Å². The smallest absolute Gasteiger partial charge is 0.135 e. The van der Waals surface area contributed by atoms with Crippen LogP contribution in [0.15, 0.2) is 6.33 Å². The molecule has 1 aliphatic heterocycles. The van der Waals surface area contributed by atoms with Crippen molar-refractivity contribution in [1.29, 1.82) is 0 Å². The number of hydrogen-bond donors (Lipinski definition) is 1. The Bertz CT molecular complexity index is 432. The van der Waals surface area contributed by atoms with Crippen LogP contribution in [0.25, 0.3) is 0 Å². The maximum absolute atomic E-state index is 5.85. The van der Waals surface area contributed by atoms with Crippen LogP contribution in [0.5, 0.6) is 0 Å². The lowest BCUT2D eigenvalue weighted by Gasteiger charge is -2.34. The Hall–Kier alpha value is -1.16. The number of aromatic nitrogens is 2. The predicted octanol–water partition coefficient (Wildman–Crippen LogP) is 1.92. The summed E-state index contributed by atoms with van der Waals surface area (Å²) in [5, 5.41) is 0. The van der Waals surface area contributed by atoms with Gasteiger partial charge in [-0.1, -0.05) is 6.42 Å². The highest BCUT2D eigenvalue weighted by molar-refractivity contribution is 5.49. The summed E-state index contributed by atoms with van der Waals surface area (Å²) in [6.07, 6.45) is 10.4. The Labute approximate surface area is 115 Å². The molecule has 19 heavy (non-hydrogen) atoms. The molecule has 1 atom stereocenters. The summed E-state index contributed by atoms with van der Waals surface area (Å²) in [5.74, 6) is 1.83. The minimum atomic E-state index is 0.630. The minimum Gasteiger partial charge on any atom is -0.356 e. The van der Waals surface area contributed by atoms with Gasteiger partial charge in [0, 0.05) is 24.3 Å². The van der Waals surface area contributed by atoms with Crippen LogP contribution < -0.4 is 10.6 Å². The lowest BCUT2D eigenvalue weighted by atomic mass is 9.97. The average Bonchev–Trinajstić information content (AvgIpc) is 2.72. The normalized spacial score (nSPS) is 23.8. The number of anilines is 1. The first-order chi connectivity index (χ1) is 9.38. The van der Waals surface area contributed by atoms with Crippen molar-refractivity contribution in [2.24, 2.45) is 11.7 Å². The standard InChI is InChI=1S/C15H24N4/c16-9-12-5-4-8-19(10-12)15-13-6-2-1-3-7-14(13)17-11-18-15/h11-12H,1-10,16H2. The van der Waals surface area contributed by atoms with Crippen LogP contribution in [0.3, 0.4) is 0 Å². The van der Waals surface area contributed by atoms with E-state index in [9.17, 15) is 0 Å². The number of aryl methyl sites for hydroxylation is 1. The van der Waals surface area contributed by atoms with Crippen LogP contribution in [0.2, 0.25) is 0 Å². The largest absolute Gasteiger partial charge is 0.356 e. The maximum Gasteiger partial charge on any atom is 0.135 e. The van der Waals surface area contributed by atoms with Gasteiger partial charge in [0.2, 0.25) is 0 Å². The van der Waals surface area contributed by atoms with Crippen LogP contribution in [0.1, 0.15) is 43.4 Å². The summed E-state index contributed by atoms with van der Waals surface area (Å²) in [6, 6.07) is 0. The fourth-order valence-electron chi connectivity index (χ4n) is 3.40. The summed E-state index contributed by atoms with van der Waals surface area (Å²) < 4.78 is 0. The molecule has 104 valence electrons. The van der Waals surface area contributed by atoms with E-state index in [2.05, 4.69) is 14.9 Å². The molecule has 4 nitrogen and oxygen atoms in total. The molecule has 1 unspecified atom stereocenters. The van der Waals surface area contributed by atoms with Gasteiger partial charge in [-0.15, -0.1) is 0 Å². The molecular formula is C15H24N4. The molecule has 2 heterocycles. The number of fused-ring (bicyclic) bond motifs is 1. The highest BCUT2D eigenvalue weighted by atomic mass is 15.2. The van der Waals surface area contributed by atoms with Crippen LogP contribution in [0.4, 0.5) is 5.82 Å². The molecule has 0 bridgehead atoms. The number of hydrogen-bond acceptors (Lipinski definition) is 4. The zero-order valence-corrected chi connectivity index (χ0v) is 11.6. The van der Waals surface area contributed by atoms with Gasteiger partial charge >= 0.3 is 0 Å². The van der Waals surface area contributed by atoms with Crippen molar-refractivity contribution >= 4 is 5.82 Å². The quantitative estimate of drug-likeness (QED) is 0.825. The van der Waals surface area contributed by atoms with E-state index in [1.807, 2.05) is 0 Å². The number of piperidine rings is 1. The molecule has 1 fully saturated rings. The maximum atomic E-state index is 5.85. The molecule has 1 aromatic heterocycles. The third-order valence-corrected chi connectivity index (χ3v) is 4.50. The Morgan fingerprint density at radius 2 is 2.05 bits per heavy atom. The lowest BCUT2D eigenvalue weighted by molar-refractivity contribution is 0.421. The van der Waals surface area contributed by atoms with Gasteiger partial charge < -0.3 is 10.6 Å². The van der Waals surface area contributed by atoms with E-state index in [0.29, 0.717) is 5.92 Å². The van der Waals surface area contributed by atoms with Crippen LogP contribution in [0, 0.1) is 5.92 Å². The first-order valence-electron chi connectivity index (χ1n) is 7.66. The molecule has 1 aliphatic carbocycles. The molecule has 1 aromatic rings. The van der Waals surface area contributed by atoms with Gasteiger partial charge in [-0.2, -0.15) is 0 Å². The molecule has 0 radical (unpaired) electrons. The fraction of sp³-hybridized carbons (Fsp3) is 0.733. The second-order valence-electron chi connectivity index (χ2n) is 5.87. The first kappa shape index (κ1) is 12.9. The molecular weight excluding hydrogens is 236 g/mol. The van der Waals surface area contributed by atoms with E-state index < -0.39 is 0 Å². The Morgan fingerprint density at radius 1 is 1.16 bits per heavy atom. The number of nitrogens with zero attached hydrogens (tertiary/aromatic N) is 3. The van der Waals surface area contributed by atoms with Crippen molar-refractivity contribution in [3.8, 4) is 0 Å². The second-order valence-corrected chi connectivity index (χ2v) is 5.87. The van der Waals surface area contributed by atoms with E-state index in [1.54, 1.807) is 6.33 Å². The molecule has 4 heteroatoms. The van der Waals surface area contributed by atoms with Gasteiger partial charge in [0.1, 0.15) is 12.1 Å². The Balaban J connectivity index is 1.87. The lowest BCUT2D eigenvalue weighted by Crippen LogP contribution is -2.39. The molecule has 2 aliphatic rings. The molecule has 0 amide bonds. The van der Waals surface area contributed by atoms with Crippen molar-refractivity contribution in [3.63, 3.8) is 0 Å². The zero-order valence-electron chi connectivity index (χ0n) is 11.6. The van der Waals surface area contributed by atoms with Gasteiger partial charge in [0.25, 0.3) is 0 Å². The number of nitrogens with two attached hydrogens (primary N) is 1. The van der Waals surface area contributed by atoms with Gasteiger partial charge in [-0.05, 0) is 51.0 Å². The topological polar surface area (TPSA) is 55.0 Å². The summed E-state index contributed by atoms with van der Waals surface area (Å²) in [7, 11) is 0. The third-order valence-electron chi connectivity index (χ3n) is 4.50. The summed E-state index contributed by atoms with van der Waals surface area (Å²) in [5.41, 5.74) is 8.55. The Morgan fingerprint density at radius 3 is 2.95 bits per heavy atom. The Kier molecular flexibility index (Phi) is 3.97. The van der Waals surface area contributed by atoms with Gasteiger partial charge in [-0.3, -0.25) is 0 Å². The number of rotatable bonds is 2. The van der Waals surface area contributed by atoms with Gasteiger partial charge in [-0.25, -0.2) is 9.97 Å². The van der Waals surface area contributed by atoms with Crippen molar-refractivity contribution < 1.29 is 0 Å². The molecule has 0 spiro atoms. The van der Waals surface area contributed by atoms with Crippen molar-refractivity contribution in [1.82, 2.24) is 9.97 Å². The van der Waals surface area contributed by atoms with Crippen molar-refractivity contribution in [2.45, 2.75) is 44.9 Å². The van der Waals surface area contributed by atoms with E-state index >= 15 is 0 Å². The van der Waals surface area contributed by atoms with E-state index in [0.717, 1.165) is 32.5 Å². The fourth-order valence-corrected chi connectivity index (χ4v) is 3.40. The highest BCUT2D eigenvalue weighted by Crippen LogP contribution is 2.29. The summed E-state index contributed by atoms with van der Waals surface area (Å²) in [6.45, 7) is 2.99. The SMILES string of the molecule is NCC1CCCN(c2ncnc3c2CCCCC3)C1. The van der Waals surface area contributed by atoms with E-state index in [4.69, 9.17) is 5.73 Å². The third kappa shape index (κ3) is 2.73. The molecule has 1 saturated heterocycles. The molecule has 0 aromatic carbocycles. The predicted molar refractivity (Wildman–Crippen MR) is 77.3 cm³/mol.